The Bertz CT molecular complexity index is 1570. The molecule has 14 heteroatoms. The lowest BCUT2D eigenvalue weighted by atomic mass is 9.92. The van der Waals surface area contributed by atoms with Crippen LogP contribution in [0.5, 0.6) is 0 Å². The van der Waals surface area contributed by atoms with Crippen LogP contribution in [-0.4, -0.2) is 79.4 Å². The molecule has 0 spiro atoms. The predicted molar refractivity (Wildman–Crippen MR) is 143 cm³/mol. The largest absolute Gasteiger partial charge is 0.479 e. The molecule has 1 aliphatic heterocycles. The topological polar surface area (TPSA) is 172 Å². The van der Waals surface area contributed by atoms with E-state index in [0.717, 1.165) is 18.2 Å². The lowest BCUT2D eigenvalue weighted by Crippen LogP contribution is -2.53. The maximum Gasteiger partial charge on any atom is 0.350 e. The van der Waals surface area contributed by atoms with Crippen molar-refractivity contribution in [1.82, 2.24) is 19.5 Å². The number of carbonyl (C=O) groups excluding carboxylic acids is 1. The van der Waals surface area contributed by atoms with Crippen LogP contribution in [0.2, 0.25) is 5.28 Å². The molecule has 4 aromatic rings. The second kappa shape index (κ2) is 11.4. The molecule has 41 heavy (non-hydrogen) atoms. The van der Waals surface area contributed by atoms with Gasteiger partial charge in [-0.2, -0.15) is 9.97 Å². The summed E-state index contributed by atoms with van der Waals surface area (Å²) >= 11 is 5.89. The Morgan fingerprint density at radius 2 is 1.83 bits per heavy atom. The summed E-state index contributed by atoms with van der Waals surface area (Å²) in [4.78, 5) is 37.2. The number of ether oxygens (including phenoxy) is 3. The number of nitrogens with two attached hydrogens (primary N) is 1. The minimum absolute atomic E-state index is 0.0336. The highest BCUT2D eigenvalue weighted by Gasteiger charge is 2.52. The average molecular weight is 586 g/mol. The monoisotopic (exact) mass is 585 g/mol. The molecule has 0 radical (unpaired) electrons. The predicted octanol–water partition coefficient (Wildman–Crippen LogP) is 2.58. The standard InChI is InChI=1S/C27H25ClFN5O7/c1-39-25(38)27(24(36)37,11-14-7-9-16(10-8-14)15-5-3-2-4-6-15)40-12-17-20(35)18(29)23(41-17)34-13-31-19-21(30)32-26(28)33-22(19)34/h2-10,13,17-18,20,23,35H,11-12H2,1H3,(H,36,37)(H2,30,32,33)/t17-,18+,20-,23-,27-/m1/s1. The van der Waals surface area contributed by atoms with Gasteiger partial charge in [-0.25, -0.2) is 19.0 Å². The van der Waals surface area contributed by atoms with Gasteiger partial charge in [-0.15, -0.1) is 0 Å². The summed E-state index contributed by atoms with van der Waals surface area (Å²) in [7, 11) is 1.03. The number of nitrogens with zero attached hydrogens (tertiary/aromatic N) is 4. The highest BCUT2D eigenvalue weighted by Crippen LogP contribution is 2.35. The number of nitrogen functional groups attached to an aromatic ring is 1. The molecule has 5 atom stereocenters. The minimum Gasteiger partial charge on any atom is -0.479 e. The Morgan fingerprint density at radius 1 is 1.15 bits per heavy atom. The van der Waals surface area contributed by atoms with E-state index in [1.54, 1.807) is 24.3 Å². The summed E-state index contributed by atoms with van der Waals surface area (Å²) < 4.78 is 32.6. The number of hydrogen-bond donors (Lipinski definition) is 3. The molecule has 1 fully saturated rings. The molecule has 4 N–H and O–H groups in total. The van der Waals surface area contributed by atoms with Crippen LogP contribution in [0.3, 0.4) is 0 Å². The number of esters is 1. The van der Waals surface area contributed by atoms with Crippen molar-refractivity contribution < 1.29 is 38.4 Å². The molecule has 0 aliphatic carbocycles. The second-order valence-electron chi connectivity index (χ2n) is 9.38. The van der Waals surface area contributed by atoms with E-state index >= 15 is 4.39 Å². The Hall–Kier alpha value is -4.17. The Kier molecular flexibility index (Phi) is 7.87. The number of aliphatic hydroxyl groups is 1. The number of methoxy groups -OCH3 is 1. The van der Waals surface area contributed by atoms with Gasteiger partial charge < -0.3 is 30.2 Å². The SMILES string of the molecule is COC(=O)[C@](Cc1ccc(-c2ccccc2)cc1)(OC[C@H]1O[C@@H](n2cnc3c(N)nc(Cl)nc32)[C@@H](F)[C@@H]1O)C(=O)O. The summed E-state index contributed by atoms with van der Waals surface area (Å²) in [6.45, 7) is -0.661. The van der Waals surface area contributed by atoms with E-state index in [1.807, 2.05) is 30.3 Å². The first kappa shape index (κ1) is 28.4. The zero-order chi connectivity index (χ0) is 29.3. The second-order valence-corrected chi connectivity index (χ2v) is 9.71. The van der Waals surface area contributed by atoms with E-state index in [-0.39, 0.29) is 22.3 Å². The molecule has 1 aliphatic rings. The van der Waals surface area contributed by atoms with Crippen LogP contribution < -0.4 is 5.73 Å². The molecule has 1 saturated heterocycles. The van der Waals surface area contributed by atoms with Crippen LogP contribution in [0, 0.1) is 0 Å². The number of alkyl halides is 1. The lowest BCUT2D eigenvalue weighted by molar-refractivity contribution is -0.192. The molecule has 5 rings (SSSR count). The Labute approximate surface area is 237 Å². The third-order valence-corrected chi connectivity index (χ3v) is 7.03. The number of aromatic nitrogens is 4. The van der Waals surface area contributed by atoms with Gasteiger partial charge in [0.2, 0.25) is 5.28 Å². The highest BCUT2D eigenvalue weighted by molar-refractivity contribution is 6.28. The number of carbonyl (C=O) groups is 2. The Balaban J connectivity index is 1.37. The molecule has 0 unspecified atom stereocenters. The molecule has 12 nitrogen and oxygen atoms in total. The maximum absolute atomic E-state index is 15.3. The fourth-order valence-electron chi connectivity index (χ4n) is 4.69. The quantitative estimate of drug-likeness (QED) is 0.150. The van der Waals surface area contributed by atoms with E-state index < -0.39 is 55.2 Å². The summed E-state index contributed by atoms with van der Waals surface area (Å²) in [5, 5.41) is 20.5. The molecule has 2 aromatic carbocycles. The first-order valence-electron chi connectivity index (χ1n) is 12.4. The minimum atomic E-state index is -2.51. The van der Waals surface area contributed by atoms with Crippen molar-refractivity contribution in [2.45, 2.75) is 36.6 Å². The molecular formula is C27H25ClFN5O7. The summed E-state index contributed by atoms with van der Waals surface area (Å²) in [5.41, 5.74) is 5.82. The van der Waals surface area contributed by atoms with Crippen molar-refractivity contribution >= 4 is 40.5 Å². The number of carboxylic acids is 1. The number of imidazole rings is 1. The van der Waals surface area contributed by atoms with Crippen LogP contribution in [-0.2, 0) is 30.2 Å². The number of aliphatic carboxylic acids is 1. The highest BCUT2D eigenvalue weighted by atomic mass is 35.5. The van der Waals surface area contributed by atoms with Crippen molar-refractivity contribution in [3.05, 3.63) is 71.8 Å². The van der Waals surface area contributed by atoms with E-state index in [9.17, 15) is 19.8 Å². The van der Waals surface area contributed by atoms with Crippen molar-refractivity contribution in [1.29, 1.82) is 0 Å². The van der Waals surface area contributed by atoms with Crippen molar-refractivity contribution in [3.63, 3.8) is 0 Å². The zero-order valence-electron chi connectivity index (χ0n) is 21.6. The summed E-state index contributed by atoms with van der Waals surface area (Å²) in [5.74, 6) is -2.84. The number of fused-ring (bicyclic) bond motifs is 1. The van der Waals surface area contributed by atoms with Crippen LogP contribution in [0.15, 0.2) is 60.9 Å². The van der Waals surface area contributed by atoms with Gasteiger partial charge in [0.15, 0.2) is 23.9 Å². The van der Waals surface area contributed by atoms with Gasteiger partial charge in [-0.1, -0.05) is 54.6 Å². The number of benzene rings is 2. The number of rotatable bonds is 9. The fourth-order valence-corrected chi connectivity index (χ4v) is 4.86. The summed E-state index contributed by atoms with van der Waals surface area (Å²) in [6.07, 6.45) is -5.76. The summed E-state index contributed by atoms with van der Waals surface area (Å²) in [6, 6.07) is 16.4. The molecular weight excluding hydrogens is 561 g/mol. The van der Waals surface area contributed by atoms with Crippen molar-refractivity contribution in [2.24, 2.45) is 0 Å². The van der Waals surface area contributed by atoms with Gasteiger partial charge in [-0.3, -0.25) is 4.57 Å². The van der Waals surface area contributed by atoms with Gasteiger partial charge in [0.25, 0.3) is 5.60 Å². The van der Waals surface area contributed by atoms with Crippen LogP contribution >= 0.6 is 11.6 Å². The van der Waals surface area contributed by atoms with Crippen LogP contribution in [0.25, 0.3) is 22.3 Å². The van der Waals surface area contributed by atoms with Gasteiger partial charge >= 0.3 is 11.9 Å². The van der Waals surface area contributed by atoms with E-state index in [1.165, 1.54) is 10.9 Å². The van der Waals surface area contributed by atoms with E-state index in [0.29, 0.717) is 5.56 Å². The van der Waals surface area contributed by atoms with E-state index in [4.69, 9.17) is 31.5 Å². The average Bonchev–Trinajstić information content (AvgIpc) is 3.51. The molecule has 0 saturated carbocycles. The normalized spacial score (nSPS) is 22.0. The zero-order valence-corrected chi connectivity index (χ0v) is 22.3. The van der Waals surface area contributed by atoms with E-state index in [2.05, 4.69) is 15.0 Å². The number of aliphatic hydroxyl groups excluding tert-OH is 1. The third kappa shape index (κ3) is 5.32. The van der Waals surface area contributed by atoms with Crippen molar-refractivity contribution in [2.75, 3.05) is 19.5 Å². The smallest absolute Gasteiger partial charge is 0.350 e. The molecule has 0 amide bonds. The lowest BCUT2D eigenvalue weighted by Gasteiger charge is -2.28. The molecule has 3 heterocycles. The van der Waals surface area contributed by atoms with Crippen molar-refractivity contribution in [3.8, 4) is 11.1 Å². The fraction of sp³-hybridized carbons (Fsp3) is 0.296. The molecule has 214 valence electrons. The third-order valence-electron chi connectivity index (χ3n) is 6.86. The number of carboxylic acid groups (broad SMARTS) is 1. The van der Waals surface area contributed by atoms with Gasteiger partial charge in [0.1, 0.15) is 17.7 Å². The number of anilines is 1. The number of hydrogen-bond acceptors (Lipinski definition) is 10. The first-order chi connectivity index (χ1) is 19.6. The first-order valence-corrected chi connectivity index (χ1v) is 12.8. The van der Waals surface area contributed by atoms with Crippen LogP contribution in [0.1, 0.15) is 11.8 Å². The molecule has 2 aromatic heterocycles. The Morgan fingerprint density at radius 3 is 2.49 bits per heavy atom. The van der Waals surface area contributed by atoms with Gasteiger partial charge in [-0.05, 0) is 28.3 Å². The van der Waals surface area contributed by atoms with Gasteiger partial charge in [0.05, 0.1) is 20.0 Å². The maximum atomic E-state index is 15.3. The van der Waals surface area contributed by atoms with Crippen LogP contribution in [0.4, 0.5) is 10.2 Å². The molecule has 0 bridgehead atoms. The number of halogens is 2. The van der Waals surface area contributed by atoms with Gasteiger partial charge in [0, 0.05) is 6.42 Å².